The van der Waals surface area contributed by atoms with E-state index in [1.807, 2.05) is 17.8 Å². The molecule has 1 nitrogen and oxygen atoms in total. The number of nitrogens with one attached hydrogen (secondary N) is 1. The topological polar surface area (TPSA) is 12.0 Å². The number of thioether (sulfide) groups is 2. The van der Waals surface area contributed by atoms with Crippen molar-refractivity contribution in [3.63, 3.8) is 0 Å². The van der Waals surface area contributed by atoms with Crippen LogP contribution in [0.4, 0.5) is 5.69 Å². The summed E-state index contributed by atoms with van der Waals surface area (Å²) >= 11 is 3.92. The van der Waals surface area contributed by atoms with Crippen LogP contribution in [0.15, 0.2) is 41.8 Å². The van der Waals surface area contributed by atoms with Crippen LogP contribution in [0.1, 0.15) is 12.8 Å². The quantitative estimate of drug-likeness (QED) is 0.630. The fraction of sp³-hybridized carbons (Fsp3) is 0.429. The van der Waals surface area contributed by atoms with Crippen LogP contribution >= 0.6 is 23.5 Å². The third-order valence-corrected chi connectivity index (χ3v) is 4.94. The van der Waals surface area contributed by atoms with Crippen molar-refractivity contribution in [1.29, 1.82) is 0 Å². The molecule has 1 heterocycles. The van der Waals surface area contributed by atoms with E-state index in [0.29, 0.717) is 6.04 Å². The highest BCUT2D eigenvalue weighted by Crippen LogP contribution is 2.29. The van der Waals surface area contributed by atoms with Gasteiger partial charge >= 0.3 is 0 Å². The van der Waals surface area contributed by atoms with E-state index in [2.05, 4.69) is 47.9 Å². The Hall–Kier alpha value is -0.540. The zero-order valence-corrected chi connectivity index (χ0v) is 11.7. The van der Waals surface area contributed by atoms with Crippen molar-refractivity contribution in [2.75, 3.05) is 22.6 Å². The van der Waals surface area contributed by atoms with Crippen LogP contribution in [-0.2, 0) is 0 Å². The molecule has 1 saturated heterocycles. The van der Waals surface area contributed by atoms with Gasteiger partial charge in [0.05, 0.1) is 0 Å². The lowest BCUT2D eigenvalue weighted by Crippen LogP contribution is -2.24. The first-order chi connectivity index (χ1) is 8.40. The predicted molar refractivity (Wildman–Crippen MR) is 81.3 cm³/mol. The molecule has 0 aromatic heterocycles. The number of para-hydroxylation sites is 1. The summed E-state index contributed by atoms with van der Waals surface area (Å²) in [6.45, 7) is 3.78. The maximum absolute atomic E-state index is 3.78. The maximum atomic E-state index is 3.78. The second kappa shape index (κ2) is 7.02. The Labute approximate surface area is 112 Å². The van der Waals surface area contributed by atoms with Gasteiger partial charge in [0.1, 0.15) is 0 Å². The summed E-state index contributed by atoms with van der Waals surface area (Å²) in [4.78, 5) is 1.34. The molecule has 2 rings (SSSR count). The summed E-state index contributed by atoms with van der Waals surface area (Å²) in [5, 5.41) is 3.69. The second-order valence-electron chi connectivity index (χ2n) is 4.13. The van der Waals surface area contributed by atoms with Gasteiger partial charge in [-0.05, 0) is 36.5 Å². The summed E-state index contributed by atoms with van der Waals surface area (Å²) in [6, 6.07) is 9.24. The summed E-state index contributed by atoms with van der Waals surface area (Å²) < 4.78 is 0. The summed E-state index contributed by atoms with van der Waals surface area (Å²) in [7, 11) is 0. The smallest absolute Gasteiger partial charge is 0.0480 e. The second-order valence-corrected chi connectivity index (χ2v) is 6.41. The Balaban J connectivity index is 2.00. The van der Waals surface area contributed by atoms with Gasteiger partial charge in [0.25, 0.3) is 0 Å². The zero-order chi connectivity index (χ0) is 11.9. The van der Waals surface area contributed by atoms with E-state index < -0.39 is 0 Å². The lowest BCUT2D eigenvalue weighted by atomic mass is 10.1. The molecule has 0 amide bonds. The molecule has 1 fully saturated rings. The highest BCUT2D eigenvalue weighted by molar-refractivity contribution is 7.99. The standard InChI is InChI=1S/C14H19NS2/c1-2-9-17-14-6-4-3-5-13(14)15-12-7-10-16-11-8-12/h2-6,12,15H,1,7-11H2. The van der Waals surface area contributed by atoms with Gasteiger partial charge < -0.3 is 5.32 Å². The average molecular weight is 265 g/mol. The minimum absolute atomic E-state index is 0.654. The van der Waals surface area contributed by atoms with Crippen LogP contribution < -0.4 is 5.32 Å². The Morgan fingerprint density at radius 2 is 2.12 bits per heavy atom. The van der Waals surface area contributed by atoms with E-state index >= 15 is 0 Å². The van der Waals surface area contributed by atoms with E-state index in [1.165, 1.54) is 34.9 Å². The van der Waals surface area contributed by atoms with Gasteiger partial charge in [-0.25, -0.2) is 0 Å². The summed E-state index contributed by atoms with van der Waals surface area (Å²) in [5.74, 6) is 3.55. The Morgan fingerprint density at radius 3 is 2.88 bits per heavy atom. The molecule has 1 aliphatic heterocycles. The SMILES string of the molecule is C=CCSc1ccccc1NC1CCSCC1. The predicted octanol–water partition coefficient (Wildman–Crippen LogP) is 4.27. The van der Waals surface area contributed by atoms with Crippen LogP contribution in [0.25, 0.3) is 0 Å². The van der Waals surface area contributed by atoms with Gasteiger partial charge in [-0.2, -0.15) is 11.8 Å². The molecule has 92 valence electrons. The fourth-order valence-electron chi connectivity index (χ4n) is 1.92. The highest BCUT2D eigenvalue weighted by atomic mass is 32.2. The molecule has 0 aliphatic carbocycles. The largest absolute Gasteiger partial charge is 0.381 e. The number of anilines is 1. The Bertz CT molecular complexity index is 359. The molecule has 1 aromatic carbocycles. The van der Waals surface area contributed by atoms with E-state index in [1.54, 1.807) is 0 Å². The van der Waals surface area contributed by atoms with Crippen LogP contribution in [0.3, 0.4) is 0 Å². The molecule has 0 atom stereocenters. The minimum Gasteiger partial charge on any atom is -0.381 e. The van der Waals surface area contributed by atoms with E-state index in [0.717, 1.165) is 5.75 Å². The van der Waals surface area contributed by atoms with Crippen molar-refractivity contribution in [3.8, 4) is 0 Å². The third-order valence-electron chi connectivity index (χ3n) is 2.82. The molecule has 0 spiro atoms. The average Bonchev–Trinajstić information content (AvgIpc) is 2.39. The van der Waals surface area contributed by atoms with Crippen molar-refractivity contribution in [2.45, 2.75) is 23.8 Å². The number of rotatable bonds is 5. The zero-order valence-electron chi connectivity index (χ0n) is 10.0. The van der Waals surface area contributed by atoms with Crippen LogP contribution in [-0.4, -0.2) is 23.3 Å². The summed E-state index contributed by atoms with van der Waals surface area (Å²) in [5.41, 5.74) is 1.29. The molecular formula is C14H19NS2. The van der Waals surface area contributed by atoms with Gasteiger partial charge in [-0.15, -0.1) is 18.3 Å². The maximum Gasteiger partial charge on any atom is 0.0480 e. The molecule has 1 aromatic rings. The minimum atomic E-state index is 0.654. The van der Waals surface area contributed by atoms with Crippen molar-refractivity contribution in [2.24, 2.45) is 0 Å². The highest BCUT2D eigenvalue weighted by Gasteiger charge is 2.14. The molecule has 1 aliphatic rings. The first-order valence-corrected chi connectivity index (χ1v) is 8.21. The number of hydrogen-bond acceptors (Lipinski definition) is 3. The Kier molecular flexibility index (Phi) is 5.33. The Morgan fingerprint density at radius 1 is 1.35 bits per heavy atom. The van der Waals surface area contributed by atoms with Gasteiger partial charge in [0.2, 0.25) is 0 Å². The number of hydrogen-bond donors (Lipinski definition) is 1. The van der Waals surface area contributed by atoms with Crippen LogP contribution in [0.2, 0.25) is 0 Å². The van der Waals surface area contributed by atoms with Gasteiger partial charge in [0, 0.05) is 22.4 Å². The first kappa shape index (κ1) is 12.9. The molecular weight excluding hydrogens is 246 g/mol. The lowest BCUT2D eigenvalue weighted by molar-refractivity contribution is 0.665. The monoisotopic (exact) mass is 265 g/mol. The summed E-state index contributed by atoms with van der Waals surface area (Å²) in [6.07, 6.45) is 4.52. The fourth-order valence-corrected chi connectivity index (χ4v) is 3.78. The van der Waals surface area contributed by atoms with Crippen LogP contribution in [0, 0.1) is 0 Å². The van der Waals surface area contributed by atoms with Crippen molar-refractivity contribution >= 4 is 29.2 Å². The molecule has 17 heavy (non-hydrogen) atoms. The lowest BCUT2D eigenvalue weighted by Gasteiger charge is -2.24. The third kappa shape index (κ3) is 4.00. The van der Waals surface area contributed by atoms with Gasteiger partial charge in [-0.3, -0.25) is 0 Å². The molecule has 1 N–H and O–H groups in total. The van der Waals surface area contributed by atoms with Crippen molar-refractivity contribution < 1.29 is 0 Å². The normalized spacial score (nSPS) is 16.7. The first-order valence-electron chi connectivity index (χ1n) is 6.07. The van der Waals surface area contributed by atoms with E-state index in [-0.39, 0.29) is 0 Å². The van der Waals surface area contributed by atoms with E-state index in [4.69, 9.17) is 0 Å². The molecule has 3 heteroatoms. The van der Waals surface area contributed by atoms with Gasteiger partial charge in [0.15, 0.2) is 0 Å². The van der Waals surface area contributed by atoms with Crippen molar-refractivity contribution in [1.82, 2.24) is 0 Å². The molecule has 0 unspecified atom stereocenters. The molecule has 0 saturated carbocycles. The van der Waals surface area contributed by atoms with Crippen molar-refractivity contribution in [3.05, 3.63) is 36.9 Å². The van der Waals surface area contributed by atoms with E-state index in [9.17, 15) is 0 Å². The molecule has 0 radical (unpaired) electrons. The molecule has 0 bridgehead atoms. The number of benzene rings is 1. The van der Waals surface area contributed by atoms with Gasteiger partial charge in [-0.1, -0.05) is 18.2 Å². The van der Waals surface area contributed by atoms with Crippen LogP contribution in [0.5, 0.6) is 0 Å².